The molecule has 0 spiro atoms. The minimum Gasteiger partial charge on any atom is -0.497 e. The first-order valence-corrected chi connectivity index (χ1v) is 35.8. The first-order valence-electron chi connectivity index (χ1n) is 35.8. The molecule has 0 radical (unpaired) electrons. The maximum absolute atomic E-state index is 13.7. The summed E-state index contributed by atoms with van der Waals surface area (Å²) in [6.45, 7) is 1.15. The van der Waals surface area contributed by atoms with Crippen LogP contribution in [0.2, 0.25) is 0 Å². The lowest BCUT2D eigenvalue weighted by Gasteiger charge is -2.19. The molecule has 24 nitrogen and oxygen atoms in total. The largest absolute Gasteiger partial charge is 0.497 e. The van der Waals surface area contributed by atoms with Crippen LogP contribution in [0.15, 0.2) is 190 Å². The lowest BCUT2D eigenvalue weighted by molar-refractivity contribution is 0.0809. The zero-order valence-electron chi connectivity index (χ0n) is 62.6. The molecule has 0 unspecified atom stereocenters. The molecule has 0 aliphatic carbocycles. The van der Waals surface area contributed by atoms with Gasteiger partial charge in [-0.25, -0.2) is 0 Å². The number of nitrogens with zero attached hydrogens (tertiary/aromatic N) is 8. The van der Waals surface area contributed by atoms with Crippen LogP contribution in [-0.4, -0.2) is 164 Å². The monoisotopic (exact) mass is 1600 g/mol. The molecule has 8 aliphatic heterocycles. The topological polar surface area (TPSA) is 280 Å². The Labute approximate surface area is 682 Å². The van der Waals surface area contributed by atoms with Gasteiger partial charge in [0.25, 0.3) is 23.6 Å². The van der Waals surface area contributed by atoms with Crippen molar-refractivity contribution >= 4 is 153 Å². The van der Waals surface area contributed by atoms with Gasteiger partial charge in [0.15, 0.2) is 46.0 Å². The molecule has 4 atom stereocenters. The number of hydrogen-bond donors (Lipinski definition) is 3. The van der Waals surface area contributed by atoms with Crippen LogP contribution in [0.5, 0.6) is 51.7 Å². The number of aliphatic imine (C=N–C) groups is 4. The van der Waals surface area contributed by atoms with E-state index in [-0.39, 0.29) is 115 Å². The number of nitrogens with two attached hydrogens (primary N) is 1. The molecule has 0 aromatic heterocycles. The number of fused-ring (bicyclic) bond motifs is 8. The van der Waals surface area contributed by atoms with Gasteiger partial charge in [-0.05, 0) is 104 Å². The third-order valence-corrected chi connectivity index (χ3v) is 20.2. The Balaban J connectivity index is 0.000000216. The quantitative estimate of drug-likeness (QED) is 0.0396. The Morgan fingerprint density at radius 2 is 0.593 bits per heavy atom. The lowest BCUT2D eigenvalue weighted by Crippen LogP contribution is -2.32. The van der Waals surface area contributed by atoms with Crippen LogP contribution in [0, 0.1) is 0 Å². The third kappa shape index (κ3) is 17.2. The Morgan fingerprint density at radius 1 is 0.345 bits per heavy atom. The average Bonchev–Trinajstić information content (AvgIpc) is 1.66. The number of benzene rings is 8. The van der Waals surface area contributed by atoms with Gasteiger partial charge in [-0.2, -0.15) is 54.0 Å². The normalized spacial score (nSPS) is 17.5. The fourth-order valence-electron chi connectivity index (χ4n) is 14.3. The van der Waals surface area contributed by atoms with Crippen LogP contribution in [0.1, 0.15) is 113 Å². The van der Waals surface area contributed by atoms with Gasteiger partial charge in [-0.15, -0.1) is 0 Å². The van der Waals surface area contributed by atoms with Crippen molar-refractivity contribution < 1.29 is 72.0 Å². The van der Waals surface area contributed by atoms with Crippen LogP contribution in [0.3, 0.4) is 0 Å². The van der Waals surface area contributed by atoms with E-state index >= 15 is 0 Å². The second-order valence-corrected chi connectivity index (χ2v) is 26.9. The Kier molecular flexibility index (Phi) is 26.6. The van der Waals surface area contributed by atoms with Crippen molar-refractivity contribution in [3.05, 3.63) is 226 Å². The molecule has 8 heterocycles. The van der Waals surface area contributed by atoms with E-state index in [0.29, 0.717) is 162 Å². The van der Waals surface area contributed by atoms with E-state index in [4.69, 9.17) is 53.4 Å². The van der Waals surface area contributed by atoms with E-state index < -0.39 is 0 Å². The highest BCUT2D eigenvalue weighted by Gasteiger charge is 2.39. The SMILES string of the molecule is COc1cc2c(cc1OCCCOc1cc3c(cc1OC)C(=O)N1C=C(c4ccc(CO)cc4)C[C@H]1C=N3)N=C[C@@H]1CC(c3ccc(N)cc3)=CN1C2=O.COc1ccc(C2=CN3C(=O)c4cc(OC)c(OCCCOc5cc6c(cc5OC)C(=O)N5C=C(c7ccc(CO)cc7)C[C@H]5C=N6)cc4N=C[C@@H]3C2)cc1.S.S.S.S. The van der Waals surface area contributed by atoms with Gasteiger partial charge in [0.05, 0.1) is 144 Å². The number of methoxy groups -OCH3 is 5. The van der Waals surface area contributed by atoms with Crippen LogP contribution in [-0.2, 0) is 13.2 Å². The smallest absolute Gasteiger partial charge is 0.260 e. The summed E-state index contributed by atoms with van der Waals surface area (Å²) in [7, 11) is 7.78. The van der Waals surface area contributed by atoms with Gasteiger partial charge in [-0.3, -0.25) is 39.1 Å². The van der Waals surface area contributed by atoms with Gasteiger partial charge in [0.1, 0.15) is 5.75 Å². The van der Waals surface area contributed by atoms with Crippen molar-refractivity contribution in [3.8, 4) is 51.7 Å². The summed E-state index contributed by atoms with van der Waals surface area (Å²) in [5, 5.41) is 18.8. The molecule has 0 saturated heterocycles. The summed E-state index contributed by atoms with van der Waals surface area (Å²) < 4.78 is 52.3. The van der Waals surface area contributed by atoms with E-state index in [1.807, 2.05) is 128 Å². The molecular weight excluding hydrogens is 1520 g/mol. The molecule has 0 saturated carbocycles. The molecule has 16 rings (SSSR count). The van der Waals surface area contributed by atoms with Gasteiger partial charge in [0.2, 0.25) is 0 Å². The second kappa shape index (κ2) is 36.4. The summed E-state index contributed by atoms with van der Waals surface area (Å²) in [6, 6.07) is 43.6. The molecule has 4 N–H and O–H groups in total. The van der Waals surface area contributed by atoms with Crippen molar-refractivity contribution in [2.75, 3.05) is 67.7 Å². The zero-order valence-corrected chi connectivity index (χ0v) is 66.6. The fourth-order valence-corrected chi connectivity index (χ4v) is 14.3. The molecule has 586 valence electrons. The predicted molar refractivity (Wildman–Crippen MR) is 456 cm³/mol. The number of carbonyl (C=O) groups excluding carboxylic acids is 4. The number of nitrogen functional groups attached to an aromatic ring is 1. The first-order chi connectivity index (χ1) is 53.2. The molecule has 0 bridgehead atoms. The minimum atomic E-state index is -0.222. The number of aliphatic hydroxyl groups excluding tert-OH is 2. The minimum absolute atomic E-state index is 0. The van der Waals surface area contributed by atoms with E-state index in [2.05, 4.69) is 15.0 Å². The maximum atomic E-state index is 13.7. The number of carbonyl (C=O) groups is 4. The predicted octanol–water partition coefficient (Wildman–Crippen LogP) is 14.0. The van der Waals surface area contributed by atoms with Gasteiger partial charge in [0, 0.05) is 118 Å². The molecular formula is C85H87N9O15S4. The highest BCUT2D eigenvalue weighted by molar-refractivity contribution is 7.59. The standard InChI is InChI=1S/C43H40N4O8.C42H39N5O7.4H2S/c1-51-33-11-9-28(10-12-33)30-16-32-22-45-37-20-41(39(53-3)18-35(37)43(50)47(32)24-30)55-14-4-13-54-40-19-36-34(17-38(40)52-2)42(49)46-23-29(15-31(46)21-44-36)27-7-5-26(25-48)6-8-27;1-51-37-16-33-35(44-20-31-14-28(22-46(31)41(33)49)26-6-4-25(24-48)5-7-26)18-39(37)53-12-3-13-54-40-19-36-34(17-38(40)52-2)42(50)47-23-29(15-32(47)21-45-36)27-8-10-30(43)11-9-27;;;;/h5-12,17-24,31-32,48H,4,13-16,25H2,1-3H3;4-11,16-23,31-32,48H,3,12-15,24,43H2,1-2H3;4*1H2/t2*31-,32-;;;;/m00..../s1. The second-order valence-electron chi connectivity index (χ2n) is 26.9. The van der Waals surface area contributed by atoms with Crippen LogP contribution >= 0.6 is 54.0 Å². The molecule has 8 aromatic carbocycles. The molecule has 8 aromatic rings. The van der Waals surface area contributed by atoms with Gasteiger partial charge < -0.3 is 78.2 Å². The van der Waals surface area contributed by atoms with Crippen molar-refractivity contribution in [2.45, 2.75) is 75.9 Å². The maximum Gasteiger partial charge on any atom is 0.260 e. The van der Waals surface area contributed by atoms with Crippen LogP contribution in [0.25, 0.3) is 22.3 Å². The van der Waals surface area contributed by atoms with Crippen LogP contribution in [0.4, 0.5) is 28.4 Å². The average molecular weight is 1600 g/mol. The Hall–Kier alpha value is -11.4. The van der Waals surface area contributed by atoms with E-state index in [1.165, 1.54) is 28.4 Å². The van der Waals surface area contributed by atoms with Crippen LogP contribution < -0.4 is 48.4 Å². The summed E-state index contributed by atoms with van der Waals surface area (Å²) in [4.78, 5) is 80.5. The lowest BCUT2D eigenvalue weighted by atomic mass is 10.0. The van der Waals surface area contributed by atoms with E-state index in [0.717, 1.165) is 61.4 Å². The highest BCUT2D eigenvalue weighted by Crippen LogP contribution is 2.46. The number of aliphatic hydroxyl groups is 2. The summed E-state index contributed by atoms with van der Waals surface area (Å²) in [5.41, 5.74) is 20.1. The first kappa shape index (κ1) is 82.6. The van der Waals surface area contributed by atoms with E-state index in [9.17, 15) is 29.4 Å². The van der Waals surface area contributed by atoms with Crippen molar-refractivity contribution in [1.29, 1.82) is 0 Å². The van der Waals surface area contributed by atoms with Gasteiger partial charge >= 0.3 is 0 Å². The Morgan fingerprint density at radius 3 is 0.832 bits per heavy atom. The Bertz CT molecular complexity index is 5010. The number of ether oxygens (including phenoxy) is 9. The van der Waals surface area contributed by atoms with Crippen molar-refractivity contribution in [1.82, 2.24) is 19.6 Å². The summed E-state index contributed by atoms with van der Waals surface area (Å²) in [5.74, 6) is 3.68. The molecule has 28 heteroatoms. The van der Waals surface area contributed by atoms with Crippen molar-refractivity contribution in [2.24, 2.45) is 20.0 Å². The third-order valence-electron chi connectivity index (χ3n) is 20.2. The highest BCUT2D eigenvalue weighted by atomic mass is 32.1. The molecule has 4 amide bonds. The van der Waals surface area contributed by atoms with Crippen molar-refractivity contribution in [3.63, 3.8) is 0 Å². The number of anilines is 1. The number of rotatable bonds is 23. The summed E-state index contributed by atoms with van der Waals surface area (Å²) >= 11 is 0. The number of hydrogen-bond acceptors (Lipinski definition) is 20. The van der Waals surface area contributed by atoms with E-state index in [1.54, 1.807) is 93.9 Å². The zero-order chi connectivity index (χ0) is 75.4. The number of amides is 4. The molecule has 113 heavy (non-hydrogen) atoms. The fraction of sp³-hybridized carbons (Fsp3) is 0.247. The van der Waals surface area contributed by atoms with Gasteiger partial charge in [-0.1, -0.05) is 72.8 Å². The molecule has 8 aliphatic rings. The molecule has 0 fully saturated rings. The summed E-state index contributed by atoms with van der Waals surface area (Å²) in [6.07, 6.45) is 18.3.